The van der Waals surface area contributed by atoms with Gasteiger partial charge in [-0.3, -0.25) is 4.79 Å². The Labute approximate surface area is 102 Å². The fraction of sp³-hybridized carbons (Fsp3) is 0.364. The van der Waals surface area contributed by atoms with Gasteiger partial charge in [-0.05, 0) is 26.0 Å². The molecule has 1 atom stereocenters. The van der Waals surface area contributed by atoms with Crippen LogP contribution in [0, 0.1) is 11.6 Å². The smallest absolute Gasteiger partial charge is 0.319 e. The van der Waals surface area contributed by atoms with Gasteiger partial charge in [0.2, 0.25) is 0 Å². The second kappa shape index (κ2) is 5.86. The number of esters is 1. The largest absolute Gasteiger partial charge is 0.465 e. The molecule has 1 aromatic rings. The molecule has 1 unspecified atom stereocenters. The highest BCUT2D eigenvalue weighted by atomic mass is 32.2. The second-order valence-electron chi connectivity index (χ2n) is 3.33. The minimum absolute atomic E-state index is 0.00753. The van der Waals surface area contributed by atoms with E-state index in [1.165, 1.54) is 6.92 Å². The summed E-state index contributed by atoms with van der Waals surface area (Å²) in [5.41, 5.74) is 5.29. The summed E-state index contributed by atoms with van der Waals surface area (Å²) in [7, 11) is 0. The highest BCUT2D eigenvalue weighted by Gasteiger charge is 2.20. The molecule has 0 aliphatic carbocycles. The number of hydrogen-bond donors (Lipinski definition) is 1. The number of benzene rings is 1. The molecule has 0 aliphatic rings. The van der Waals surface area contributed by atoms with Gasteiger partial charge in [0.25, 0.3) is 0 Å². The molecule has 0 heterocycles. The first-order valence-electron chi connectivity index (χ1n) is 5.03. The van der Waals surface area contributed by atoms with Crippen molar-refractivity contribution in [3.05, 3.63) is 23.8 Å². The molecule has 2 N–H and O–H groups in total. The lowest BCUT2D eigenvalue weighted by Crippen LogP contribution is -2.17. The van der Waals surface area contributed by atoms with Crippen molar-refractivity contribution in [2.75, 3.05) is 12.3 Å². The molecule has 0 radical (unpaired) electrons. The van der Waals surface area contributed by atoms with Gasteiger partial charge < -0.3 is 10.5 Å². The number of hydrogen-bond acceptors (Lipinski definition) is 4. The van der Waals surface area contributed by atoms with Crippen LogP contribution >= 0.6 is 11.8 Å². The molecule has 0 bridgehead atoms. The molecule has 0 amide bonds. The standard InChI is InChI=1S/C11H13F2NO2S/c1-3-16-11(15)6(2)17-10-8(12)4-7(14)5-9(10)13/h4-6H,3,14H2,1-2H3. The molecule has 1 rings (SSSR count). The number of carbonyl (C=O) groups is 1. The van der Waals surface area contributed by atoms with Crippen LogP contribution in [-0.2, 0) is 9.53 Å². The van der Waals surface area contributed by atoms with Crippen LogP contribution < -0.4 is 5.73 Å². The van der Waals surface area contributed by atoms with E-state index >= 15 is 0 Å². The molecule has 0 saturated carbocycles. The van der Waals surface area contributed by atoms with E-state index < -0.39 is 22.9 Å². The second-order valence-corrected chi connectivity index (χ2v) is 4.68. The molecule has 0 spiro atoms. The molecular formula is C11H13F2NO2S. The third kappa shape index (κ3) is 3.59. The highest BCUT2D eigenvalue weighted by molar-refractivity contribution is 8.00. The summed E-state index contributed by atoms with van der Waals surface area (Å²) >= 11 is 0.773. The number of nitrogens with two attached hydrogens (primary N) is 1. The molecular weight excluding hydrogens is 248 g/mol. The van der Waals surface area contributed by atoms with Crippen molar-refractivity contribution in [1.82, 2.24) is 0 Å². The number of halogens is 2. The van der Waals surface area contributed by atoms with Gasteiger partial charge in [-0.2, -0.15) is 0 Å². The van der Waals surface area contributed by atoms with E-state index in [-0.39, 0.29) is 17.2 Å². The van der Waals surface area contributed by atoms with E-state index in [0.29, 0.717) is 0 Å². The zero-order chi connectivity index (χ0) is 13.0. The third-order valence-electron chi connectivity index (χ3n) is 1.93. The average Bonchev–Trinajstić information content (AvgIpc) is 2.23. The summed E-state index contributed by atoms with van der Waals surface area (Å²) in [4.78, 5) is 11.1. The van der Waals surface area contributed by atoms with Crippen molar-refractivity contribution in [2.24, 2.45) is 0 Å². The summed E-state index contributed by atoms with van der Waals surface area (Å²) in [6.07, 6.45) is 0. The Hall–Kier alpha value is -1.30. The summed E-state index contributed by atoms with van der Waals surface area (Å²) in [5.74, 6) is -2.06. The van der Waals surface area contributed by atoms with Crippen LogP contribution in [0.1, 0.15) is 13.8 Å². The van der Waals surface area contributed by atoms with Crippen molar-refractivity contribution < 1.29 is 18.3 Å². The van der Waals surface area contributed by atoms with Crippen LogP contribution in [0.4, 0.5) is 14.5 Å². The predicted molar refractivity (Wildman–Crippen MR) is 62.7 cm³/mol. The topological polar surface area (TPSA) is 52.3 Å². The van der Waals surface area contributed by atoms with E-state index in [1.54, 1.807) is 6.92 Å². The van der Waals surface area contributed by atoms with Crippen LogP contribution in [-0.4, -0.2) is 17.8 Å². The Morgan fingerprint density at radius 1 is 1.47 bits per heavy atom. The van der Waals surface area contributed by atoms with Crippen LogP contribution in [0.3, 0.4) is 0 Å². The summed E-state index contributed by atoms with van der Waals surface area (Å²) in [6.45, 7) is 3.42. The minimum atomic E-state index is -0.774. The quantitative estimate of drug-likeness (QED) is 0.514. The monoisotopic (exact) mass is 261 g/mol. The first-order valence-corrected chi connectivity index (χ1v) is 5.91. The molecule has 6 heteroatoms. The maximum absolute atomic E-state index is 13.4. The lowest BCUT2D eigenvalue weighted by Gasteiger charge is -2.11. The molecule has 3 nitrogen and oxygen atoms in total. The maximum Gasteiger partial charge on any atom is 0.319 e. The van der Waals surface area contributed by atoms with Crippen LogP contribution in [0.2, 0.25) is 0 Å². The Bertz CT molecular complexity index is 403. The lowest BCUT2D eigenvalue weighted by molar-refractivity contribution is -0.142. The summed E-state index contributed by atoms with van der Waals surface area (Å²) in [6, 6.07) is 2.03. The molecule has 17 heavy (non-hydrogen) atoms. The lowest BCUT2D eigenvalue weighted by atomic mass is 10.3. The van der Waals surface area contributed by atoms with Gasteiger partial charge in [0, 0.05) is 5.69 Å². The van der Waals surface area contributed by atoms with Crippen LogP contribution in [0.5, 0.6) is 0 Å². The number of ether oxygens (including phenoxy) is 1. The van der Waals surface area contributed by atoms with Crippen LogP contribution in [0.15, 0.2) is 17.0 Å². The van der Waals surface area contributed by atoms with E-state index in [2.05, 4.69) is 0 Å². The Balaban J connectivity index is 2.85. The fourth-order valence-corrected chi connectivity index (χ4v) is 2.04. The molecule has 0 aliphatic heterocycles. The fourth-order valence-electron chi connectivity index (χ4n) is 1.18. The van der Waals surface area contributed by atoms with Crippen LogP contribution in [0.25, 0.3) is 0 Å². The van der Waals surface area contributed by atoms with Gasteiger partial charge in [-0.1, -0.05) is 0 Å². The Morgan fingerprint density at radius 2 is 2.00 bits per heavy atom. The molecule has 0 saturated heterocycles. The molecule has 0 aromatic heterocycles. The van der Waals surface area contributed by atoms with Crippen molar-refractivity contribution in [3.8, 4) is 0 Å². The molecule has 0 fully saturated rings. The molecule has 94 valence electrons. The summed E-state index contributed by atoms with van der Waals surface area (Å²) < 4.78 is 31.6. The first kappa shape index (κ1) is 13.8. The van der Waals surface area contributed by atoms with Crippen molar-refractivity contribution >= 4 is 23.4 Å². The van der Waals surface area contributed by atoms with Gasteiger partial charge in [0.15, 0.2) is 0 Å². The van der Waals surface area contributed by atoms with Gasteiger partial charge in [-0.15, -0.1) is 11.8 Å². The van der Waals surface area contributed by atoms with Crippen molar-refractivity contribution in [3.63, 3.8) is 0 Å². The Kier molecular flexibility index (Phi) is 4.74. The van der Waals surface area contributed by atoms with Crippen molar-refractivity contribution in [1.29, 1.82) is 0 Å². The van der Waals surface area contributed by atoms with Crippen molar-refractivity contribution in [2.45, 2.75) is 24.0 Å². The average molecular weight is 261 g/mol. The van der Waals surface area contributed by atoms with Gasteiger partial charge in [0.05, 0.1) is 11.5 Å². The van der Waals surface area contributed by atoms with E-state index in [9.17, 15) is 13.6 Å². The maximum atomic E-state index is 13.4. The zero-order valence-corrected chi connectivity index (χ0v) is 10.3. The van der Waals surface area contributed by atoms with E-state index in [0.717, 1.165) is 23.9 Å². The third-order valence-corrected chi connectivity index (χ3v) is 3.11. The number of anilines is 1. The zero-order valence-electron chi connectivity index (χ0n) is 9.50. The van der Waals surface area contributed by atoms with E-state index in [4.69, 9.17) is 10.5 Å². The molecule has 1 aromatic carbocycles. The number of thioether (sulfide) groups is 1. The minimum Gasteiger partial charge on any atom is -0.465 e. The van der Waals surface area contributed by atoms with Gasteiger partial charge in [-0.25, -0.2) is 8.78 Å². The van der Waals surface area contributed by atoms with Gasteiger partial charge in [0.1, 0.15) is 16.9 Å². The number of nitrogen functional groups attached to an aromatic ring is 1. The summed E-state index contributed by atoms with van der Waals surface area (Å²) in [5, 5.41) is -0.678. The number of rotatable bonds is 4. The Morgan fingerprint density at radius 3 is 2.47 bits per heavy atom. The number of carbonyl (C=O) groups excluding carboxylic acids is 1. The highest BCUT2D eigenvalue weighted by Crippen LogP contribution is 2.30. The SMILES string of the molecule is CCOC(=O)C(C)Sc1c(F)cc(N)cc1F. The first-order chi connectivity index (χ1) is 7.95. The predicted octanol–water partition coefficient (Wildman–Crippen LogP) is 2.59. The normalized spacial score (nSPS) is 12.2. The van der Waals surface area contributed by atoms with E-state index in [1.807, 2.05) is 0 Å². The van der Waals surface area contributed by atoms with Gasteiger partial charge >= 0.3 is 5.97 Å².